The summed E-state index contributed by atoms with van der Waals surface area (Å²) in [6.07, 6.45) is 0. The van der Waals surface area contributed by atoms with E-state index in [4.69, 9.17) is 10.5 Å². The van der Waals surface area contributed by atoms with Crippen molar-refractivity contribution < 1.29 is 23.1 Å². The molecule has 1 aliphatic rings. The molecule has 3 aromatic carbocycles. The van der Waals surface area contributed by atoms with Gasteiger partial charge in [-0.2, -0.15) is 0 Å². The molecule has 0 saturated carbocycles. The maximum absolute atomic E-state index is 13.7. The van der Waals surface area contributed by atoms with Gasteiger partial charge >= 0.3 is 5.97 Å². The Kier molecular flexibility index (Phi) is 4.50. The Morgan fingerprint density at radius 2 is 1.72 bits per heavy atom. The summed E-state index contributed by atoms with van der Waals surface area (Å²) >= 11 is 0. The summed E-state index contributed by atoms with van der Waals surface area (Å²) < 4.78 is 31.8. The third kappa shape index (κ3) is 3.20. The highest BCUT2D eigenvalue weighted by Gasteiger charge is 2.31. The van der Waals surface area contributed by atoms with Crippen LogP contribution in [0, 0.1) is 11.6 Å². The van der Waals surface area contributed by atoms with E-state index in [1.165, 1.54) is 24.1 Å². The minimum Gasteiger partial charge on any atom is -0.465 e. The number of benzene rings is 3. The molecule has 3 aromatic rings. The first kappa shape index (κ1) is 18.6. The zero-order chi connectivity index (χ0) is 20.7. The first-order chi connectivity index (χ1) is 13.9. The van der Waals surface area contributed by atoms with Gasteiger partial charge < -0.3 is 15.4 Å². The molecule has 1 amide bonds. The Hall–Kier alpha value is -3.74. The zero-order valence-corrected chi connectivity index (χ0v) is 15.4. The molecule has 7 heteroatoms. The largest absolute Gasteiger partial charge is 0.465 e. The van der Waals surface area contributed by atoms with Gasteiger partial charge in [0.15, 0.2) is 11.6 Å². The number of amides is 1. The highest BCUT2D eigenvalue weighted by atomic mass is 19.2. The van der Waals surface area contributed by atoms with Crippen LogP contribution in [0.25, 0.3) is 11.1 Å². The van der Waals surface area contributed by atoms with Gasteiger partial charge in [-0.15, -0.1) is 0 Å². The molecule has 0 unspecified atom stereocenters. The molecule has 0 radical (unpaired) electrons. The minimum absolute atomic E-state index is 0.188. The lowest BCUT2D eigenvalue weighted by Crippen LogP contribution is -2.25. The van der Waals surface area contributed by atoms with E-state index in [1.54, 1.807) is 30.3 Å². The zero-order valence-electron chi connectivity index (χ0n) is 15.4. The van der Waals surface area contributed by atoms with Crippen molar-refractivity contribution >= 4 is 23.3 Å². The lowest BCUT2D eigenvalue weighted by Gasteiger charge is -2.20. The molecule has 0 bridgehead atoms. The number of nitrogen functional groups attached to an aromatic ring is 1. The summed E-state index contributed by atoms with van der Waals surface area (Å²) in [5, 5.41) is 0. The number of nitrogens with two attached hydrogens (primary N) is 1. The molecule has 5 nitrogen and oxygen atoms in total. The summed E-state index contributed by atoms with van der Waals surface area (Å²) in [4.78, 5) is 26.7. The maximum atomic E-state index is 13.7. The summed E-state index contributed by atoms with van der Waals surface area (Å²) in [6.45, 7) is 0.250. The quantitative estimate of drug-likeness (QED) is 0.535. The SMILES string of the molecule is COC(=O)c1ccc(-c2ccc(F)c(F)c2)cc1N1Cc2ccc(N)cc2C1=O. The smallest absolute Gasteiger partial charge is 0.339 e. The average Bonchev–Trinajstić information content (AvgIpc) is 3.05. The molecule has 0 saturated heterocycles. The van der Waals surface area contributed by atoms with Crippen molar-refractivity contribution in [1.29, 1.82) is 0 Å². The van der Waals surface area contributed by atoms with Gasteiger partial charge in [-0.1, -0.05) is 18.2 Å². The second-order valence-corrected chi connectivity index (χ2v) is 6.66. The number of anilines is 2. The van der Waals surface area contributed by atoms with Crippen LogP contribution >= 0.6 is 0 Å². The number of ether oxygens (including phenoxy) is 1. The van der Waals surface area contributed by atoms with Crippen LogP contribution in [0.4, 0.5) is 20.2 Å². The number of methoxy groups -OCH3 is 1. The molecule has 29 heavy (non-hydrogen) atoms. The Balaban J connectivity index is 1.83. The molecule has 4 rings (SSSR count). The topological polar surface area (TPSA) is 72.6 Å². The number of hydrogen-bond acceptors (Lipinski definition) is 4. The lowest BCUT2D eigenvalue weighted by molar-refractivity contribution is 0.0601. The van der Waals surface area contributed by atoms with E-state index in [2.05, 4.69) is 0 Å². The fourth-order valence-corrected chi connectivity index (χ4v) is 3.41. The van der Waals surface area contributed by atoms with Gasteiger partial charge in [-0.25, -0.2) is 13.6 Å². The predicted molar refractivity (Wildman–Crippen MR) is 105 cm³/mol. The van der Waals surface area contributed by atoms with Crippen molar-refractivity contribution in [3.63, 3.8) is 0 Å². The van der Waals surface area contributed by atoms with Crippen molar-refractivity contribution in [3.8, 4) is 11.1 Å². The van der Waals surface area contributed by atoms with E-state index < -0.39 is 17.6 Å². The average molecular weight is 394 g/mol. The fraction of sp³-hybridized carbons (Fsp3) is 0.0909. The van der Waals surface area contributed by atoms with Crippen molar-refractivity contribution in [2.75, 3.05) is 17.7 Å². The molecular weight excluding hydrogens is 378 g/mol. The van der Waals surface area contributed by atoms with Crippen LogP contribution in [0.5, 0.6) is 0 Å². The Morgan fingerprint density at radius 3 is 2.45 bits per heavy atom. The predicted octanol–water partition coefficient (Wildman–Crippen LogP) is 4.16. The third-order valence-electron chi connectivity index (χ3n) is 4.88. The van der Waals surface area contributed by atoms with Crippen LogP contribution in [0.2, 0.25) is 0 Å². The number of carbonyl (C=O) groups excluding carboxylic acids is 2. The first-order valence-electron chi connectivity index (χ1n) is 8.77. The lowest BCUT2D eigenvalue weighted by atomic mass is 10.0. The number of carbonyl (C=O) groups is 2. The number of hydrogen-bond donors (Lipinski definition) is 1. The summed E-state index contributed by atoms with van der Waals surface area (Å²) in [6, 6.07) is 13.3. The molecule has 1 aliphatic heterocycles. The van der Waals surface area contributed by atoms with Crippen LogP contribution in [-0.2, 0) is 11.3 Å². The van der Waals surface area contributed by atoms with Crippen molar-refractivity contribution in [2.24, 2.45) is 0 Å². The summed E-state index contributed by atoms with van der Waals surface area (Å²) in [5.74, 6) is -2.86. The molecule has 0 aliphatic carbocycles. The van der Waals surface area contributed by atoms with Crippen LogP contribution in [-0.4, -0.2) is 19.0 Å². The Bertz CT molecular complexity index is 1160. The molecule has 2 N–H and O–H groups in total. The van der Waals surface area contributed by atoms with Gasteiger partial charge in [0.1, 0.15) is 0 Å². The summed E-state index contributed by atoms with van der Waals surface area (Å²) in [7, 11) is 1.25. The van der Waals surface area contributed by atoms with Crippen molar-refractivity contribution in [3.05, 3.63) is 82.9 Å². The van der Waals surface area contributed by atoms with E-state index in [-0.39, 0.29) is 18.0 Å². The van der Waals surface area contributed by atoms with E-state index in [0.29, 0.717) is 28.1 Å². The first-order valence-corrected chi connectivity index (χ1v) is 8.77. The van der Waals surface area contributed by atoms with Crippen LogP contribution in [0.15, 0.2) is 54.6 Å². The van der Waals surface area contributed by atoms with Gasteiger partial charge in [-0.05, 0) is 53.1 Å². The molecular formula is C22H16F2N2O3. The van der Waals surface area contributed by atoms with Gasteiger partial charge in [0.25, 0.3) is 5.91 Å². The van der Waals surface area contributed by atoms with E-state index in [1.807, 2.05) is 0 Å². The highest BCUT2D eigenvalue weighted by molar-refractivity contribution is 6.13. The number of nitrogens with zero attached hydrogens (tertiary/aromatic N) is 1. The normalized spacial score (nSPS) is 12.8. The minimum atomic E-state index is -0.985. The van der Waals surface area contributed by atoms with Crippen molar-refractivity contribution in [1.82, 2.24) is 0 Å². The second-order valence-electron chi connectivity index (χ2n) is 6.66. The Labute approximate surface area is 165 Å². The molecule has 0 spiro atoms. The van der Waals surface area contributed by atoms with Crippen molar-refractivity contribution in [2.45, 2.75) is 6.54 Å². The van der Waals surface area contributed by atoms with Crippen LogP contribution in [0.1, 0.15) is 26.3 Å². The van der Waals surface area contributed by atoms with E-state index in [9.17, 15) is 18.4 Å². The standard InChI is InChI=1S/C22H16F2N2O3/c1-29-22(28)16-6-3-13(12-4-7-18(23)19(24)8-12)9-20(16)26-11-14-2-5-15(25)10-17(14)21(26)27/h2-10H,11,25H2,1H3. The molecule has 1 heterocycles. The van der Waals surface area contributed by atoms with Crippen LogP contribution in [0.3, 0.4) is 0 Å². The van der Waals surface area contributed by atoms with Crippen LogP contribution < -0.4 is 10.6 Å². The molecule has 0 aromatic heterocycles. The van der Waals surface area contributed by atoms with E-state index in [0.717, 1.165) is 17.7 Å². The summed E-state index contributed by atoms with van der Waals surface area (Å²) in [5.41, 5.74) is 8.93. The van der Waals surface area contributed by atoms with Gasteiger partial charge in [0.05, 0.1) is 24.9 Å². The molecule has 146 valence electrons. The van der Waals surface area contributed by atoms with Gasteiger partial charge in [0, 0.05) is 11.3 Å². The number of halogens is 2. The monoisotopic (exact) mass is 394 g/mol. The fourth-order valence-electron chi connectivity index (χ4n) is 3.41. The molecule has 0 fully saturated rings. The Morgan fingerprint density at radius 1 is 1.00 bits per heavy atom. The third-order valence-corrected chi connectivity index (χ3v) is 4.88. The van der Waals surface area contributed by atoms with Gasteiger partial charge in [-0.3, -0.25) is 4.79 Å². The molecule has 0 atom stereocenters. The number of esters is 1. The second kappa shape index (κ2) is 7.01. The van der Waals surface area contributed by atoms with E-state index >= 15 is 0 Å². The highest BCUT2D eigenvalue weighted by Crippen LogP contribution is 2.35. The number of fused-ring (bicyclic) bond motifs is 1. The number of rotatable bonds is 3. The van der Waals surface area contributed by atoms with Gasteiger partial charge in [0.2, 0.25) is 0 Å². The maximum Gasteiger partial charge on any atom is 0.339 e.